The molecule has 0 radical (unpaired) electrons. The highest BCUT2D eigenvalue weighted by Crippen LogP contribution is 2.21. The topological polar surface area (TPSA) is 83.0 Å². The van der Waals surface area contributed by atoms with Gasteiger partial charge in [0.2, 0.25) is 11.7 Å². The Hall–Kier alpha value is -2.24. The van der Waals surface area contributed by atoms with Gasteiger partial charge in [0.1, 0.15) is 0 Å². The van der Waals surface area contributed by atoms with Crippen LogP contribution in [0.1, 0.15) is 0 Å². The summed E-state index contributed by atoms with van der Waals surface area (Å²) in [6, 6.07) is 6.02. The van der Waals surface area contributed by atoms with Crippen molar-refractivity contribution in [3.8, 4) is 0 Å². The molecule has 0 atom stereocenters. The maximum atomic E-state index is 10.8. The van der Waals surface area contributed by atoms with Crippen LogP contribution < -0.4 is 4.85 Å². The summed E-state index contributed by atoms with van der Waals surface area (Å²) in [4.78, 5) is 10.3. The first-order chi connectivity index (χ1) is 6.68. The molecule has 0 bridgehead atoms. The van der Waals surface area contributed by atoms with Crippen molar-refractivity contribution in [2.24, 2.45) is 0 Å². The van der Waals surface area contributed by atoms with E-state index in [-0.39, 0.29) is 11.2 Å². The highest BCUT2D eigenvalue weighted by molar-refractivity contribution is 5.85. The SMILES string of the molecule is O=[N+]([O-])c1cccc2cc[n+]([O-])nc12. The maximum Gasteiger partial charge on any atom is 0.301 e. The van der Waals surface area contributed by atoms with Gasteiger partial charge < -0.3 is 5.21 Å². The molecule has 0 spiro atoms. The molecule has 2 aromatic rings. The number of nitrogens with zero attached hydrogens (tertiary/aromatic N) is 3. The molecule has 0 aliphatic rings. The summed E-state index contributed by atoms with van der Waals surface area (Å²) in [5.41, 5.74) is -0.0531. The van der Waals surface area contributed by atoms with Crippen molar-refractivity contribution in [1.29, 1.82) is 0 Å². The molecule has 0 unspecified atom stereocenters. The zero-order valence-corrected chi connectivity index (χ0v) is 6.95. The van der Waals surface area contributed by atoms with Gasteiger partial charge in [0.05, 0.1) is 4.92 Å². The highest BCUT2D eigenvalue weighted by atomic mass is 16.6. The number of hydrogen-bond donors (Lipinski definition) is 0. The fourth-order valence-corrected chi connectivity index (χ4v) is 1.22. The van der Waals surface area contributed by atoms with Gasteiger partial charge in [-0.1, -0.05) is 17.0 Å². The zero-order chi connectivity index (χ0) is 10.1. The fraction of sp³-hybridized carbons (Fsp3) is 0. The van der Waals surface area contributed by atoms with E-state index >= 15 is 0 Å². The van der Waals surface area contributed by atoms with Crippen LogP contribution in [0.3, 0.4) is 0 Å². The Morgan fingerprint density at radius 2 is 2.14 bits per heavy atom. The Morgan fingerprint density at radius 3 is 2.86 bits per heavy atom. The van der Waals surface area contributed by atoms with Gasteiger partial charge in [-0.15, -0.1) is 0 Å². The third-order valence-electron chi connectivity index (χ3n) is 1.82. The van der Waals surface area contributed by atoms with Crippen LogP contribution in [0.5, 0.6) is 0 Å². The lowest BCUT2D eigenvalue weighted by atomic mass is 10.2. The van der Waals surface area contributed by atoms with Crippen molar-refractivity contribution in [3.63, 3.8) is 0 Å². The number of nitro groups is 1. The average molecular weight is 191 g/mol. The number of rotatable bonds is 1. The van der Waals surface area contributed by atoms with Crippen LogP contribution in [-0.4, -0.2) is 10.0 Å². The van der Waals surface area contributed by atoms with E-state index in [0.29, 0.717) is 10.2 Å². The summed E-state index contributed by atoms with van der Waals surface area (Å²) in [6.45, 7) is 0. The lowest BCUT2D eigenvalue weighted by molar-refractivity contribution is -0.666. The zero-order valence-electron chi connectivity index (χ0n) is 6.95. The van der Waals surface area contributed by atoms with E-state index in [2.05, 4.69) is 5.10 Å². The predicted molar refractivity (Wildman–Crippen MR) is 47.4 cm³/mol. The second kappa shape index (κ2) is 2.91. The fourth-order valence-electron chi connectivity index (χ4n) is 1.22. The van der Waals surface area contributed by atoms with Gasteiger partial charge in [-0.25, -0.2) is 0 Å². The minimum absolute atomic E-state index is 0.106. The number of nitro benzene ring substituents is 1. The van der Waals surface area contributed by atoms with E-state index in [1.54, 1.807) is 12.1 Å². The van der Waals surface area contributed by atoms with Gasteiger partial charge in [0, 0.05) is 22.6 Å². The molecule has 6 heteroatoms. The molecule has 70 valence electrons. The summed E-state index contributed by atoms with van der Waals surface area (Å²) in [7, 11) is 0. The first-order valence-electron chi connectivity index (χ1n) is 3.82. The van der Waals surface area contributed by atoms with Crippen LogP contribution in [0.25, 0.3) is 10.9 Å². The third-order valence-corrected chi connectivity index (χ3v) is 1.82. The van der Waals surface area contributed by atoms with E-state index in [9.17, 15) is 15.3 Å². The summed E-state index contributed by atoms with van der Waals surface area (Å²) >= 11 is 0. The smallest absolute Gasteiger partial charge is 0.301 e. The average Bonchev–Trinajstić information content (AvgIpc) is 2.16. The van der Waals surface area contributed by atoms with Crippen LogP contribution in [0, 0.1) is 15.3 Å². The maximum absolute atomic E-state index is 10.8. The Labute approximate surface area is 78.1 Å². The van der Waals surface area contributed by atoms with Crippen LogP contribution >= 0.6 is 0 Å². The van der Waals surface area contributed by atoms with E-state index in [1.165, 1.54) is 18.3 Å². The first kappa shape index (κ1) is 8.36. The molecule has 0 saturated carbocycles. The predicted octanol–water partition coefficient (Wildman–Crippen LogP) is 0.776. The minimum atomic E-state index is -0.560. The monoisotopic (exact) mass is 191 g/mol. The largest absolute Gasteiger partial charge is 0.594 e. The van der Waals surface area contributed by atoms with Crippen LogP contribution in [-0.2, 0) is 0 Å². The van der Waals surface area contributed by atoms with E-state index in [0.717, 1.165) is 0 Å². The molecule has 0 fully saturated rings. The number of fused-ring (bicyclic) bond motifs is 1. The lowest BCUT2D eigenvalue weighted by Crippen LogP contribution is -2.29. The van der Waals surface area contributed by atoms with Gasteiger partial charge in [-0.05, 0) is 0 Å². The van der Waals surface area contributed by atoms with Gasteiger partial charge in [0.15, 0.2) is 0 Å². The van der Waals surface area contributed by atoms with Crippen molar-refractivity contribution >= 4 is 16.6 Å². The van der Waals surface area contributed by atoms with E-state index < -0.39 is 4.92 Å². The minimum Gasteiger partial charge on any atom is -0.594 e. The normalized spacial score (nSPS) is 10.3. The summed E-state index contributed by atoms with van der Waals surface area (Å²) in [5.74, 6) is 0. The van der Waals surface area contributed by atoms with Crippen molar-refractivity contribution in [3.05, 3.63) is 45.8 Å². The second-order valence-corrected chi connectivity index (χ2v) is 2.69. The molecular weight excluding hydrogens is 186 g/mol. The van der Waals surface area contributed by atoms with Crippen molar-refractivity contribution in [2.45, 2.75) is 0 Å². The number of benzene rings is 1. The summed E-state index contributed by atoms with van der Waals surface area (Å²) in [6.07, 6.45) is 1.20. The quantitative estimate of drug-likeness (QED) is 0.288. The van der Waals surface area contributed by atoms with E-state index in [4.69, 9.17) is 0 Å². The Balaban J connectivity index is 2.84. The van der Waals surface area contributed by atoms with Gasteiger partial charge in [0.25, 0.3) is 0 Å². The molecule has 1 aromatic carbocycles. The van der Waals surface area contributed by atoms with Crippen LogP contribution in [0.4, 0.5) is 5.69 Å². The van der Waals surface area contributed by atoms with Crippen LogP contribution in [0.2, 0.25) is 0 Å². The third kappa shape index (κ3) is 1.22. The number of non-ortho nitro benzene ring substituents is 1. The summed E-state index contributed by atoms with van der Waals surface area (Å²) in [5, 5.41) is 25.5. The molecule has 6 nitrogen and oxygen atoms in total. The van der Waals surface area contributed by atoms with Crippen LogP contribution in [0.15, 0.2) is 30.5 Å². The van der Waals surface area contributed by atoms with E-state index in [1.807, 2.05) is 0 Å². The molecule has 0 aliphatic carbocycles. The Kier molecular flexibility index (Phi) is 1.74. The number of hydrogen-bond acceptors (Lipinski definition) is 4. The standard InChI is InChI=1S/C8H5N3O3/c12-10-5-4-6-2-1-3-7(11(13)14)8(6)9-10/h1-5H. The first-order valence-corrected chi connectivity index (χ1v) is 3.82. The summed E-state index contributed by atoms with van der Waals surface area (Å²) < 4.78 is 0. The van der Waals surface area contributed by atoms with Crippen molar-refractivity contribution < 1.29 is 9.77 Å². The molecule has 0 N–H and O–H groups in total. The van der Waals surface area contributed by atoms with Gasteiger partial charge >= 0.3 is 5.69 Å². The molecule has 1 aromatic heterocycles. The molecule has 14 heavy (non-hydrogen) atoms. The molecule has 0 aliphatic heterocycles. The lowest BCUT2D eigenvalue weighted by Gasteiger charge is -1.96. The highest BCUT2D eigenvalue weighted by Gasteiger charge is 2.14. The Bertz CT molecular complexity index is 512. The number of aromatic nitrogens is 2. The van der Waals surface area contributed by atoms with Crippen molar-refractivity contribution in [1.82, 2.24) is 5.10 Å². The molecule has 0 amide bonds. The van der Waals surface area contributed by atoms with Gasteiger partial charge in [-0.2, -0.15) is 0 Å². The Morgan fingerprint density at radius 1 is 1.36 bits per heavy atom. The van der Waals surface area contributed by atoms with Gasteiger partial charge in [-0.3, -0.25) is 10.1 Å². The molecule has 1 heterocycles. The second-order valence-electron chi connectivity index (χ2n) is 2.69. The molecular formula is C8H5N3O3. The molecule has 2 rings (SSSR count). The van der Waals surface area contributed by atoms with Crippen molar-refractivity contribution in [2.75, 3.05) is 0 Å². The molecule has 0 saturated heterocycles.